The van der Waals surface area contributed by atoms with Crippen molar-refractivity contribution in [3.8, 4) is 0 Å². The third kappa shape index (κ3) is 66.5. The molecule has 0 aromatic heterocycles. The Balaban J connectivity index is 5.26. The van der Waals surface area contributed by atoms with Crippen LogP contribution in [0.3, 0.4) is 0 Å². The number of phosphoric ester groups is 2. The third-order valence-electron chi connectivity index (χ3n) is 16.7. The number of ether oxygens (including phenoxy) is 4. The van der Waals surface area contributed by atoms with E-state index in [0.29, 0.717) is 25.7 Å². The zero-order valence-corrected chi connectivity index (χ0v) is 60.9. The Hall–Kier alpha value is -1.94. The van der Waals surface area contributed by atoms with Gasteiger partial charge >= 0.3 is 39.5 Å². The van der Waals surface area contributed by atoms with E-state index < -0.39 is 97.5 Å². The number of unbranched alkanes of at least 4 members (excludes halogenated alkanes) is 41. The first-order chi connectivity index (χ1) is 43.9. The fraction of sp³-hybridized carbons (Fsp3) is 0.944. The van der Waals surface area contributed by atoms with Crippen LogP contribution in [0.1, 0.15) is 369 Å². The molecular formula is C72H140O17P2. The zero-order valence-electron chi connectivity index (χ0n) is 59.1. The highest BCUT2D eigenvalue weighted by Gasteiger charge is 2.30. The summed E-state index contributed by atoms with van der Waals surface area (Å²) in [7, 11) is -9.90. The monoisotopic (exact) mass is 1340 g/mol. The van der Waals surface area contributed by atoms with E-state index in [0.717, 1.165) is 102 Å². The van der Waals surface area contributed by atoms with Crippen LogP contribution in [0, 0.1) is 11.8 Å². The van der Waals surface area contributed by atoms with Crippen molar-refractivity contribution in [2.75, 3.05) is 39.6 Å². The first-order valence-corrected chi connectivity index (χ1v) is 40.5. The largest absolute Gasteiger partial charge is 0.472 e. The van der Waals surface area contributed by atoms with E-state index in [1.165, 1.54) is 186 Å². The van der Waals surface area contributed by atoms with Crippen LogP contribution < -0.4 is 0 Å². The molecule has 3 N–H and O–H groups in total. The summed E-state index contributed by atoms with van der Waals surface area (Å²) in [4.78, 5) is 72.6. The summed E-state index contributed by atoms with van der Waals surface area (Å²) in [6.07, 6.45) is 49.8. The molecule has 17 nitrogen and oxygen atoms in total. The predicted octanol–water partition coefficient (Wildman–Crippen LogP) is 20.8. The van der Waals surface area contributed by atoms with Gasteiger partial charge in [0.15, 0.2) is 12.2 Å². The van der Waals surface area contributed by atoms with E-state index in [2.05, 4.69) is 41.5 Å². The molecule has 0 bridgehead atoms. The van der Waals surface area contributed by atoms with Gasteiger partial charge in [-0.15, -0.1) is 0 Å². The Morgan fingerprint density at radius 3 is 0.747 bits per heavy atom. The fourth-order valence-corrected chi connectivity index (χ4v) is 12.5. The summed E-state index contributed by atoms with van der Waals surface area (Å²) in [6.45, 7) is 9.56. The number of hydrogen-bond donors (Lipinski definition) is 3. The van der Waals surface area contributed by atoms with Gasteiger partial charge in [-0.25, -0.2) is 9.13 Å². The lowest BCUT2D eigenvalue weighted by Crippen LogP contribution is -2.30. The number of rotatable bonds is 71. The molecule has 0 rings (SSSR count). The SMILES string of the molecule is CCCCCCCCCCCCCCC(=O)OC[C@H](COP(=O)(O)OC[C@H](O)COP(=O)(O)OC[C@@H](COC(=O)CCCCCCCCCCCC(C)C)OC(=O)CCCCCCCCCCCCCCC(C)C)OC(=O)CCCCCCCCCCCCCC. The molecule has 540 valence electrons. The van der Waals surface area contributed by atoms with Crippen molar-refractivity contribution in [3.63, 3.8) is 0 Å². The lowest BCUT2D eigenvalue weighted by atomic mass is 10.0. The van der Waals surface area contributed by atoms with E-state index in [1.54, 1.807) is 0 Å². The Bertz CT molecular complexity index is 1770. The normalized spacial score (nSPS) is 14.1. The molecule has 0 fully saturated rings. The summed E-state index contributed by atoms with van der Waals surface area (Å²) < 4.78 is 68.4. The maximum atomic E-state index is 13.0. The molecule has 91 heavy (non-hydrogen) atoms. The van der Waals surface area contributed by atoms with Crippen molar-refractivity contribution >= 4 is 39.5 Å². The number of hydrogen-bond acceptors (Lipinski definition) is 15. The minimum atomic E-state index is -4.95. The summed E-state index contributed by atoms with van der Waals surface area (Å²) in [5.74, 6) is -0.598. The second-order valence-electron chi connectivity index (χ2n) is 26.9. The second-order valence-corrected chi connectivity index (χ2v) is 29.8. The lowest BCUT2D eigenvalue weighted by Gasteiger charge is -2.21. The van der Waals surface area contributed by atoms with Gasteiger partial charge in [0.05, 0.1) is 26.4 Å². The van der Waals surface area contributed by atoms with Crippen LogP contribution in [-0.2, 0) is 65.4 Å². The van der Waals surface area contributed by atoms with Gasteiger partial charge in [0.25, 0.3) is 0 Å². The number of aliphatic hydroxyl groups excluding tert-OH is 1. The summed E-state index contributed by atoms with van der Waals surface area (Å²) >= 11 is 0. The van der Waals surface area contributed by atoms with Crippen LogP contribution in [0.2, 0.25) is 0 Å². The van der Waals surface area contributed by atoms with Crippen molar-refractivity contribution in [3.05, 3.63) is 0 Å². The third-order valence-corrected chi connectivity index (χ3v) is 18.6. The quantitative estimate of drug-likeness (QED) is 0.0222. The molecule has 0 saturated carbocycles. The summed E-state index contributed by atoms with van der Waals surface area (Å²) in [5.41, 5.74) is 0. The molecule has 0 spiro atoms. The van der Waals surface area contributed by atoms with Crippen molar-refractivity contribution in [2.24, 2.45) is 11.8 Å². The van der Waals surface area contributed by atoms with E-state index in [1.807, 2.05) is 0 Å². The van der Waals surface area contributed by atoms with Crippen LogP contribution in [-0.4, -0.2) is 96.7 Å². The average Bonchev–Trinajstić information content (AvgIpc) is 3.67. The first-order valence-electron chi connectivity index (χ1n) is 37.5. The molecule has 0 aromatic carbocycles. The van der Waals surface area contributed by atoms with Crippen LogP contribution in [0.5, 0.6) is 0 Å². The van der Waals surface area contributed by atoms with E-state index in [4.69, 9.17) is 37.0 Å². The van der Waals surface area contributed by atoms with Gasteiger partial charge in [-0.2, -0.15) is 0 Å². The Labute approximate surface area is 556 Å². The maximum absolute atomic E-state index is 13.0. The van der Waals surface area contributed by atoms with Gasteiger partial charge in [-0.05, 0) is 37.5 Å². The first kappa shape index (κ1) is 89.1. The predicted molar refractivity (Wildman–Crippen MR) is 368 cm³/mol. The van der Waals surface area contributed by atoms with Crippen molar-refractivity contribution in [1.29, 1.82) is 0 Å². The lowest BCUT2D eigenvalue weighted by molar-refractivity contribution is -0.161. The molecule has 2 unspecified atom stereocenters. The minimum absolute atomic E-state index is 0.107. The van der Waals surface area contributed by atoms with Gasteiger partial charge in [-0.1, -0.05) is 318 Å². The molecule has 5 atom stereocenters. The minimum Gasteiger partial charge on any atom is -0.462 e. The Kier molecular flexibility index (Phi) is 62.7. The summed E-state index contributed by atoms with van der Waals surface area (Å²) in [5, 5.41) is 10.6. The van der Waals surface area contributed by atoms with Crippen LogP contribution in [0.25, 0.3) is 0 Å². The van der Waals surface area contributed by atoms with Gasteiger partial charge in [0, 0.05) is 25.7 Å². The Morgan fingerprint density at radius 1 is 0.297 bits per heavy atom. The van der Waals surface area contributed by atoms with Gasteiger partial charge in [0.1, 0.15) is 19.3 Å². The molecule has 19 heteroatoms. The average molecular weight is 1340 g/mol. The topological polar surface area (TPSA) is 237 Å². The highest BCUT2D eigenvalue weighted by molar-refractivity contribution is 7.47. The van der Waals surface area contributed by atoms with E-state index in [-0.39, 0.29) is 25.7 Å². The molecule has 0 aliphatic carbocycles. The van der Waals surface area contributed by atoms with Crippen molar-refractivity contribution in [1.82, 2.24) is 0 Å². The molecule has 0 saturated heterocycles. The number of carbonyl (C=O) groups excluding carboxylic acids is 4. The molecular weight excluding hydrogens is 1200 g/mol. The van der Waals surface area contributed by atoms with Gasteiger partial charge in [-0.3, -0.25) is 37.3 Å². The standard InChI is InChI=1S/C72H140O17P2/c1-7-9-11-13-15-17-19-24-30-36-42-48-54-69(74)82-60-67(88-71(76)56-50-44-38-31-25-20-18-16-14-12-10-8-2)62-86-90(78,79)84-58-66(73)59-85-91(80,81)87-63-68(61-83-70(75)55-49-43-37-33-27-29-35-41-47-53-65(5)6)89-72(77)57-51-45-39-32-26-22-21-23-28-34-40-46-52-64(3)4/h64-68,73H,7-63H2,1-6H3,(H,78,79)(H,80,81)/t66-,67+,68+/m0/s1. The van der Waals surface area contributed by atoms with Gasteiger partial charge < -0.3 is 33.8 Å². The number of aliphatic hydroxyl groups is 1. The fourth-order valence-electron chi connectivity index (χ4n) is 10.9. The van der Waals surface area contributed by atoms with E-state index in [9.17, 15) is 43.2 Å². The van der Waals surface area contributed by atoms with Crippen LogP contribution >= 0.6 is 15.6 Å². The highest BCUT2D eigenvalue weighted by Crippen LogP contribution is 2.45. The molecule has 0 amide bonds. The van der Waals surface area contributed by atoms with Crippen molar-refractivity contribution in [2.45, 2.75) is 387 Å². The second kappa shape index (κ2) is 64.1. The zero-order chi connectivity index (χ0) is 67.2. The molecule has 0 aromatic rings. The smallest absolute Gasteiger partial charge is 0.462 e. The molecule has 0 radical (unpaired) electrons. The molecule has 0 aliphatic heterocycles. The Morgan fingerprint density at radius 2 is 0.505 bits per heavy atom. The molecule has 0 heterocycles. The number of carbonyl (C=O) groups is 4. The number of esters is 4. The highest BCUT2D eigenvalue weighted by atomic mass is 31.2. The number of phosphoric acid groups is 2. The van der Waals surface area contributed by atoms with Gasteiger partial charge in [0.2, 0.25) is 0 Å². The van der Waals surface area contributed by atoms with Crippen molar-refractivity contribution < 1.29 is 80.2 Å². The molecule has 0 aliphatic rings. The maximum Gasteiger partial charge on any atom is 0.472 e. The van der Waals surface area contributed by atoms with E-state index >= 15 is 0 Å². The van der Waals surface area contributed by atoms with Crippen LogP contribution in [0.15, 0.2) is 0 Å². The van der Waals surface area contributed by atoms with Crippen LogP contribution in [0.4, 0.5) is 0 Å². The summed E-state index contributed by atoms with van der Waals surface area (Å²) in [6, 6.07) is 0.